The lowest BCUT2D eigenvalue weighted by Gasteiger charge is -2.33. The van der Waals surface area contributed by atoms with E-state index in [4.69, 9.17) is 9.05 Å². The first-order valence-electron chi connectivity index (χ1n) is 16.2. The van der Waals surface area contributed by atoms with Crippen LogP contribution in [0.5, 0.6) is 0 Å². The van der Waals surface area contributed by atoms with Crippen molar-refractivity contribution < 1.29 is 9.05 Å². The Morgan fingerprint density at radius 2 is 0.667 bits per heavy atom. The SMILES string of the molecule is CC=C(C=C(C)NO[Si](c1ccccc1)(c1ccccc1)c1ccccc1)NO[Si](c1ccccc1)(c1ccccc1)c1ccccc1. The van der Waals surface area contributed by atoms with Gasteiger partial charge in [-0.3, -0.25) is 11.0 Å². The van der Waals surface area contributed by atoms with Gasteiger partial charge in [0.25, 0.3) is 0 Å². The molecule has 238 valence electrons. The third-order valence-electron chi connectivity index (χ3n) is 8.45. The Kier molecular flexibility index (Phi) is 10.6. The van der Waals surface area contributed by atoms with Crippen molar-refractivity contribution in [3.63, 3.8) is 0 Å². The van der Waals surface area contributed by atoms with Crippen molar-refractivity contribution in [1.82, 2.24) is 11.0 Å². The maximum absolute atomic E-state index is 7.01. The highest BCUT2D eigenvalue weighted by Crippen LogP contribution is 2.12. The van der Waals surface area contributed by atoms with Gasteiger partial charge in [0.2, 0.25) is 0 Å². The van der Waals surface area contributed by atoms with E-state index in [1.165, 1.54) is 0 Å². The van der Waals surface area contributed by atoms with Gasteiger partial charge in [0.15, 0.2) is 0 Å². The molecule has 2 N–H and O–H groups in total. The van der Waals surface area contributed by atoms with Gasteiger partial charge >= 0.3 is 16.6 Å². The zero-order chi connectivity index (χ0) is 33.1. The van der Waals surface area contributed by atoms with E-state index in [0.29, 0.717) is 0 Å². The highest BCUT2D eigenvalue weighted by atomic mass is 28.4. The molecule has 6 aromatic carbocycles. The second kappa shape index (κ2) is 15.6. The summed E-state index contributed by atoms with van der Waals surface area (Å²) >= 11 is 0. The Labute approximate surface area is 286 Å². The lowest BCUT2D eigenvalue weighted by Crippen LogP contribution is -2.71. The van der Waals surface area contributed by atoms with Crippen molar-refractivity contribution in [2.75, 3.05) is 0 Å². The standard InChI is InChI=1S/C42H40N2O2Si2/c1-3-36(44-46-48(40-28-16-7-17-29-40,41-30-18-8-19-31-41)42-32-20-9-21-33-42)34-35(2)43-45-47(37-22-10-4-11-23-37,38-24-12-5-13-25-38)39-26-14-6-15-27-39/h3-34,43-44H,1-2H3. The van der Waals surface area contributed by atoms with Gasteiger partial charge in [-0.2, -0.15) is 0 Å². The molecule has 6 rings (SSSR count). The van der Waals surface area contributed by atoms with E-state index in [0.717, 1.165) is 42.5 Å². The van der Waals surface area contributed by atoms with E-state index in [2.05, 4.69) is 157 Å². The first-order valence-corrected chi connectivity index (χ1v) is 20.0. The minimum atomic E-state index is -2.96. The first-order chi connectivity index (χ1) is 23.7. The van der Waals surface area contributed by atoms with Gasteiger partial charge < -0.3 is 9.05 Å². The molecule has 0 aliphatic heterocycles. The molecule has 6 heteroatoms. The molecule has 0 aromatic heterocycles. The molecule has 0 heterocycles. The average Bonchev–Trinajstić information content (AvgIpc) is 3.17. The van der Waals surface area contributed by atoms with Crippen LogP contribution in [0.1, 0.15) is 13.8 Å². The average molecular weight is 661 g/mol. The van der Waals surface area contributed by atoms with Crippen LogP contribution in [0.4, 0.5) is 0 Å². The number of hydroxylamine groups is 2. The molecular formula is C42H40N2O2Si2. The van der Waals surface area contributed by atoms with Crippen molar-refractivity contribution in [3.05, 3.63) is 206 Å². The number of rotatable bonds is 13. The molecule has 6 aromatic rings. The molecular weight excluding hydrogens is 621 g/mol. The molecule has 0 saturated carbocycles. The van der Waals surface area contributed by atoms with E-state index in [1.54, 1.807) is 0 Å². The van der Waals surface area contributed by atoms with Gasteiger partial charge in [0.1, 0.15) is 0 Å². The predicted molar refractivity (Wildman–Crippen MR) is 204 cm³/mol. The van der Waals surface area contributed by atoms with Crippen LogP contribution in [0.2, 0.25) is 0 Å². The van der Waals surface area contributed by atoms with Crippen LogP contribution < -0.4 is 42.1 Å². The lowest BCUT2D eigenvalue weighted by molar-refractivity contribution is 0.226. The Morgan fingerprint density at radius 1 is 0.417 bits per heavy atom. The fraction of sp³-hybridized carbons (Fsp3) is 0.0476. The molecule has 48 heavy (non-hydrogen) atoms. The topological polar surface area (TPSA) is 42.5 Å². The number of hydrogen-bond acceptors (Lipinski definition) is 4. The van der Waals surface area contributed by atoms with Crippen molar-refractivity contribution >= 4 is 47.8 Å². The van der Waals surface area contributed by atoms with Crippen molar-refractivity contribution in [2.24, 2.45) is 0 Å². The van der Waals surface area contributed by atoms with Crippen LogP contribution in [0, 0.1) is 0 Å². The molecule has 0 amide bonds. The van der Waals surface area contributed by atoms with Crippen molar-refractivity contribution in [1.29, 1.82) is 0 Å². The van der Waals surface area contributed by atoms with E-state index in [1.807, 2.05) is 62.4 Å². The highest BCUT2D eigenvalue weighted by Gasteiger charge is 2.44. The van der Waals surface area contributed by atoms with Crippen LogP contribution in [-0.4, -0.2) is 16.6 Å². The fourth-order valence-corrected chi connectivity index (χ4v) is 13.4. The summed E-state index contributed by atoms with van der Waals surface area (Å²) in [6, 6.07) is 63.2. The Bertz CT molecular complexity index is 1730. The molecule has 0 aliphatic carbocycles. The van der Waals surface area contributed by atoms with E-state index in [9.17, 15) is 0 Å². The first kappa shape index (κ1) is 32.7. The largest absolute Gasteiger partial charge is 0.321 e. The molecule has 0 unspecified atom stereocenters. The van der Waals surface area contributed by atoms with Crippen LogP contribution in [0.15, 0.2) is 206 Å². The fourth-order valence-electron chi connectivity index (χ4n) is 6.12. The van der Waals surface area contributed by atoms with E-state index >= 15 is 0 Å². The number of hydrogen-bond donors (Lipinski definition) is 2. The zero-order valence-corrected chi connectivity index (χ0v) is 29.3. The van der Waals surface area contributed by atoms with E-state index in [-0.39, 0.29) is 0 Å². The minimum Gasteiger partial charge on any atom is -0.305 e. The van der Waals surface area contributed by atoms with Crippen LogP contribution >= 0.6 is 0 Å². The predicted octanol–water partition coefficient (Wildman–Crippen LogP) is 5.17. The van der Waals surface area contributed by atoms with Crippen molar-refractivity contribution in [3.8, 4) is 0 Å². The van der Waals surface area contributed by atoms with Crippen LogP contribution in [-0.2, 0) is 9.05 Å². The number of nitrogens with one attached hydrogen (secondary N) is 2. The third kappa shape index (κ3) is 6.88. The molecule has 4 nitrogen and oxygen atoms in total. The molecule has 0 saturated heterocycles. The monoisotopic (exact) mass is 660 g/mol. The van der Waals surface area contributed by atoms with Crippen molar-refractivity contribution in [2.45, 2.75) is 13.8 Å². The Balaban J connectivity index is 1.33. The summed E-state index contributed by atoms with van der Waals surface area (Å²) in [5.74, 6) is 0. The summed E-state index contributed by atoms with van der Waals surface area (Å²) in [6.45, 7) is 4.02. The molecule has 0 fully saturated rings. The Morgan fingerprint density at radius 3 is 0.917 bits per heavy atom. The van der Waals surface area contributed by atoms with Gasteiger partial charge in [-0.15, -0.1) is 0 Å². The maximum Gasteiger partial charge on any atom is 0.321 e. The summed E-state index contributed by atoms with van der Waals surface area (Å²) in [7, 11) is -5.91. The highest BCUT2D eigenvalue weighted by molar-refractivity contribution is 7.07. The summed E-state index contributed by atoms with van der Waals surface area (Å²) in [5.41, 5.74) is 8.42. The summed E-state index contributed by atoms with van der Waals surface area (Å²) in [5, 5.41) is 6.91. The molecule has 0 aliphatic rings. The van der Waals surface area contributed by atoms with Crippen LogP contribution in [0.3, 0.4) is 0 Å². The smallest absolute Gasteiger partial charge is 0.305 e. The molecule has 0 atom stereocenters. The van der Waals surface area contributed by atoms with Gasteiger partial charge in [-0.1, -0.05) is 188 Å². The van der Waals surface area contributed by atoms with Gasteiger partial charge in [-0.05, 0) is 51.0 Å². The maximum atomic E-state index is 7.01. The summed E-state index contributed by atoms with van der Waals surface area (Å²) < 4.78 is 14.0. The van der Waals surface area contributed by atoms with Crippen LogP contribution in [0.25, 0.3) is 0 Å². The second-order valence-electron chi connectivity index (χ2n) is 11.5. The van der Waals surface area contributed by atoms with Gasteiger partial charge in [-0.25, -0.2) is 0 Å². The Hall–Kier alpha value is -5.25. The quantitative estimate of drug-likeness (QED) is 0.0777. The van der Waals surface area contributed by atoms with E-state index < -0.39 is 16.6 Å². The number of benzene rings is 6. The lowest BCUT2D eigenvalue weighted by atomic mass is 10.3. The van der Waals surface area contributed by atoms with Gasteiger partial charge in [0, 0.05) is 5.70 Å². The molecule has 0 radical (unpaired) electrons. The molecule has 0 spiro atoms. The second-order valence-corrected chi connectivity index (χ2v) is 18.1. The molecule has 0 bridgehead atoms. The van der Waals surface area contributed by atoms with Gasteiger partial charge in [0.05, 0.1) is 5.70 Å². The summed E-state index contributed by atoms with van der Waals surface area (Å²) in [4.78, 5) is 0. The normalized spacial score (nSPS) is 12.4. The summed E-state index contributed by atoms with van der Waals surface area (Å²) in [6.07, 6.45) is 4.04. The third-order valence-corrected chi connectivity index (χ3v) is 16.1. The zero-order valence-electron chi connectivity index (χ0n) is 27.3. The minimum absolute atomic E-state index is 0.815. The number of allylic oxidation sites excluding steroid dienone is 3.